The maximum atomic E-state index is 14.0. The van der Waals surface area contributed by atoms with Gasteiger partial charge >= 0.3 is 36.6 Å². The highest BCUT2D eigenvalue weighted by Crippen LogP contribution is 2.53. The number of nitrogens with one attached hydrogen (secondary N) is 2. The molecule has 0 saturated heterocycles. The van der Waals surface area contributed by atoms with E-state index in [9.17, 15) is 92.3 Å². The lowest BCUT2D eigenvalue weighted by atomic mass is 9.91. The molecule has 11 nitrogen and oxygen atoms in total. The Labute approximate surface area is 321 Å². The van der Waals surface area contributed by atoms with E-state index >= 15 is 0 Å². The second-order valence-electron chi connectivity index (χ2n) is 12.4. The highest BCUT2D eigenvalue weighted by atomic mass is 19.4. The van der Waals surface area contributed by atoms with Gasteiger partial charge in [0.1, 0.15) is 11.5 Å². The Morgan fingerprint density at radius 3 is 1.27 bits per heavy atom. The number of benzene rings is 4. The molecule has 0 atom stereocenters. The number of carbonyl (C=O) groups is 4. The molecule has 4 rings (SSSR count). The van der Waals surface area contributed by atoms with Crippen LogP contribution in [0.25, 0.3) is 11.1 Å². The van der Waals surface area contributed by atoms with Gasteiger partial charge in [-0.15, -0.1) is 0 Å². The third kappa shape index (κ3) is 8.60. The van der Waals surface area contributed by atoms with E-state index in [1.165, 1.54) is 0 Å². The standard InChI is InChI=1S/C36H24F12N2O9/c1-15(51)26-7-16(3-5-24(26)29(53)54)17-4-6-25(30(55)56)27(8-17)28(52)50-21-10-19(32(58,35(43,44)45)36(46,47)48)12-23(14-21)59-22-11-18(9-20(13-22)49-2)31(57,33(37,38)39)34(40,41)42/h3-14,49,57-58H,1-2H3,(H,50,52)(H,53,54)(H,55,56). The van der Waals surface area contributed by atoms with Crippen LogP contribution in [0.15, 0.2) is 72.8 Å². The number of carboxylic acid groups (broad SMARTS) is 2. The van der Waals surface area contributed by atoms with Crippen LogP contribution in [0.5, 0.6) is 11.5 Å². The number of aliphatic hydroxyl groups is 2. The van der Waals surface area contributed by atoms with Crippen molar-refractivity contribution in [2.45, 2.75) is 42.8 Å². The average Bonchev–Trinajstić information content (AvgIpc) is 3.11. The molecule has 0 saturated carbocycles. The number of hydrogen-bond donors (Lipinski definition) is 6. The Balaban J connectivity index is 1.94. The molecule has 0 bridgehead atoms. The van der Waals surface area contributed by atoms with Crippen LogP contribution in [0.4, 0.5) is 64.1 Å². The SMILES string of the molecule is CNc1cc(Oc2cc(NC(=O)c3cc(-c4ccc(C(=O)O)c(C(C)=O)c4)ccc3C(=O)O)cc(C(O)(C(F)(F)F)C(F)(F)F)c2)cc(C(O)(C(F)(F)F)C(F)(F)F)c1. The van der Waals surface area contributed by atoms with Crippen molar-refractivity contribution in [3.8, 4) is 22.6 Å². The van der Waals surface area contributed by atoms with Crippen LogP contribution < -0.4 is 15.4 Å². The summed E-state index contributed by atoms with van der Waals surface area (Å²) in [4.78, 5) is 49.4. The van der Waals surface area contributed by atoms with Crippen LogP contribution >= 0.6 is 0 Å². The van der Waals surface area contributed by atoms with E-state index in [-0.39, 0.29) is 41.0 Å². The fraction of sp³-hybridized carbons (Fsp3) is 0.222. The third-order valence-corrected chi connectivity index (χ3v) is 8.53. The van der Waals surface area contributed by atoms with Crippen molar-refractivity contribution < 1.29 is 97.0 Å². The Morgan fingerprint density at radius 1 is 0.525 bits per heavy atom. The summed E-state index contributed by atoms with van der Waals surface area (Å²) in [5.74, 6) is -8.14. The fourth-order valence-corrected chi connectivity index (χ4v) is 5.56. The van der Waals surface area contributed by atoms with E-state index in [4.69, 9.17) is 4.74 Å². The normalized spacial score (nSPS) is 12.8. The minimum Gasteiger partial charge on any atom is -0.478 e. The number of ketones is 1. The van der Waals surface area contributed by atoms with Crippen molar-refractivity contribution in [3.05, 3.63) is 106 Å². The van der Waals surface area contributed by atoms with E-state index in [1.54, 1.807) is 0 Å². The summed E-state index contributed by atoms with van der Waals surface area (Å²) < 4.78 is 172. The number of carboxylic acids is 2. The van der Waals surface area contributed by atoms with Gasteiger partial charge in [0, 0.05) is 47.2 Å². The van der Waals surface area contributed by atoms with Gasteiger partial charge in [-0.2, -0.15) is 52.7 Å². The van der Waals surface area contributed by atoms with Crippen molar-refractivity contribution >= 4 is 35.0 Å². The highest BCUT2D eigenvalue weighted by Gasteiger charge is 2.72. The average molecular weight is 857 g/mol. The molecule has 316 valence electrons. The largest absolute Gasteiger partial charge is 0.478 e. The molecular weight excluding hydrogens is 832 g/mol. The molecule has 0 radical (unpaired) electrons. The van der Waals surface area contributed by atoms with Crippen LogP contribution in [-0.2, 0) is 11.2 Å². The first kappa shape index (κ1) is 45.3. The Bertz CT molecular complexity index is 2310. The lowest BCUT2D eigenvalue weighted by molar-refractivity contribution is -0.376. The number of hydrogen-bond acceptors (Lipinski definition) is 8. The molecule has 23 heteroatoms. The Kier molecular flexibility index (Phi) is 11.9. The lowest BCUT2D eigenvalue weighted by Gasteiger charge is -2.33. The quantitative estimate of drug-likeness (QED) is 0.0631. The van der Waals surface area contributed by atoms with Crippen LogP contribution in [-0.4, -0.2) is 75.8 Å². The first-order chi connectivity index (χ1) is 26.9. The molecule has 4 aromatic carbocycles. The van der Waals surface area contributed by atoms with Crippen LogP contribution in [0.2, 0.25) is 0 Å². The number of rotatable bonds is 11. The van der Waals surface area contributed by atoms with Crippen LogP contribution in [0, 0.1) is 0 Å². The molecule has 0 aliphatic carbocycles. The van der Waals surface area contributed by atoms with Crippen molar-refractivity contribution in [3.63, 3.8) is 0 Å². The van der Waals surface area contributed by atoms with E-state index in [1.807, 2.05) is 5.32 Å². The van der Waals surface area contributed by atoms with Gasteiger partial charge < -0.3 is 35.8 Å². The number of anilines is 2. The summed E-state index contributed by atoms with van der Waals surface area (Å²) in [6.07, 6.45) is -26.2. The van der Waals surface area contributed by atoms with Gasteiger partial charge in [-0.3, -0.25) is 9.59 Å². The third-order valence-electron chi connectivity index (χ3n) is 8.53. The topological polar surface area (TPSA) is 182 Å². The van der Waals surface area contributed by atoms with Crippen molar-refractivity contribution in [1.29, 1.82) is 0 Å². The molecule has 0 aromatic heterocycles. The number of aromatic carboxylic acids is 2. The molecule has 0 spiro atoms. The minimum atomic E-state index is -6.61. The molecule has 0 aliphatic rings. The number of alkyl halides is 12. The Morgan fingerprint density at radius 2 is 0.898 bits per heavy atom. The van der Waals surface area contributed by atoms with Gasteiger partial charge in [0.15, 0.2) is 5.78 Å². The van der Waals surface area contributed by atoms with Crippen molar-refractivity contribution in [2.24, 2.45) is 0 Å². The van der Waals surface area contributed by atoms with E-state index in [0.717, 1.165) is 50.4 Å². The maximum absolute atomic E-state index is 14.0. The van der Waals surface area contributed by atoms with E-state index < -0.39 is 110 Å². The van der Waals surface area contributed by atoms with Crippen LogP contribution in [0.3, 0.4) is 0 Å². The van der Waals surface area contributed by atoms with Crippen molar-refractivity contribution in [2.75, 3.05) is 17.7 Å². The number of ether oxygens (including phenoxy) is 1. The second-order valence-corrected chi connectivity index (χ2v) is 12.4. The summed E-state index contributed by atoms with van der Waals surface area (Å²) >= 11 is 0. The summed E-state index contributed by atoms with van der Waals surface area (Å²) in [6, 6.07) is 6.72. The van der Waals surface area contributed by atoms with Gasteiger partial charge in [-0.25, -0.2) is 9.59 Å². The summed E-state index contributed by atoms with van der Waals surface area (Å²) in [6.45, 7) is 1.02. The number of Topliss-reactive ketones (excluding diaryl/α,β-unsaturated/α-hetero) is 1. The predicted octanol–water partition coefficient (Wildman–Crippen LogP) is 8.66. The van der Waals surface area contributed by atoms with Gasteiger partial charge in [-0.1, -0.05) is 12.1 Å². The van der Waals surface area contributed by atoms with E-state index in [0.29, 0.717) is 12.1 Å². The molecule has 0 unspecified atom stereocenters. The van der Waals surface area contributed by atoms with Gasteiger partial charge in [-0.05, 0) is 66.6 Å². The molecular formula is C36H24F12N2O9. The molecule has 6 N–H and O–H groups in total. The lowest BCUT2D eigenvalue weighted by Crippen LogP contribution is -2.54. The number of carbonyl (C=O) groups excluding carboxylic acids is 2. The summed E-state index contributed by atoms with van der Waals surface area (Å²) in [5.41, 5.74) is -20.0. The highest BCUT2D eigenvalue weighted by molar-refractivity contribution is 6.12. The van der Waals surface area contributed by atoms with Gasteiger partial charge in [0.25, 0.3) is 17.1 Å². The minimum absolute atomic E-state index is 0.00963. The zero-order chi connectivity index (χ0) is 44.8. The molecule has 4 aromatic rings. The zero-order valence-corrected chi connectivity index (χ0v) is 29.3. The summed E-state index contributed by atoms with van der Waals surface area (Å²) in [7, 11) is 0.956. The molecule has 0 aliphatic heterocycles. The first-order valence-corrected chi connectivity index (χ1v) is 15.8. The van der Waals surface area contributed by atoms with Gasteiger partial charge in [0.2, 0.25) is 0 Å². The smallest absolute Gasteiger partial charge is 0.430 e. The van der Waals surface area contributed by atoms with E-state index in [2.05, 4.69) is 5.32 Å². The fourth-order valence-electron chi connectivity index (χ4n) is 5.56. The number of amides is 1. The monoisotopic (exact) mass is 856 g/mol. The second kappa shape index (κ2) is 15.4. The molecule has 1 amide bonds. The predicted molar refractivity (Wildman–Crippen MR) is 178 cm³/mol. The number of halogens is 12. The Hall–Kier alpha value is -6.36. The first-order valence-electron chi connectivity index (χ1n) is 15.8. The molecule has 59 heavy (non-hydrogen) atoms. The molecule has 0 heterocycles. The van der Waals surface area contributed by atoms with Crippen LogP contribution in [0.1, 0.15) is 59.5 Å². The zero-order valence-electron chi connectivity index (χ0n) is 29.3. The van der Waals surface area contributed by atoms with Gasteiger partial charge in [0.05, 0.1) is 16.7 Å². The van der Waals surface area contributed by atoms with Crippen molar-refractivity contribution in [1.82, 2.24) is 0 Å². The molecule has 0 fully saturated rings. The maximum Gasteiger partial charge on any atom is 0.430 e. The summed E-state index contributed by atoms with van der Waals surface area (Å²) in [5, 5.41) is 43.2.